The van der Waals surface area contributed by atoms with E-state index in [0.717, 1.165) is 6.04 Å². The predicted octanol–water partition coefficient (Wildman–Crippen LogP) is 2.18. The fourth-order valence-electron chi connectivity index (χ4n) is 3.79. The van der Waals surface area contributed by atoms with E-state index in [-0.39, 0.29) is 0 Å². The van der Waals surface area contributed by atoms with Gasteiger partial charge in [0.25, 0.3) is 0 Å². The van der Waals surface area contributed by atoms with Crippen LogP contribution in [0.3, 0.4) is 0 Å². The Kier molecular flexibility index (Phi) is 5.67. The van der Waals surface area contributed by atoms with Crippen LogP contribution in [0.25, 0.3) is 0 Å². The van der Waals surface area contributed by atoms with E-state index in [0.29, 0.717) is 5.41 Å². The Morgan fingerprint density at radius 3 is 2.58 bits per heavy atom. The lowest BCUT2D eigenvalue weighted by Gasteiger charge is -2.42. The third-order valence-corrected chi connectivity index (χ3v) is 5.19. The summed E-state index contributed by atoms with van der Waals surface area (Å²) in [4.78, 5) is 5.22. The molecule has 1 unspecified atom stereocenters. The highest BCUT2D eigenvalue weighted by Crippen LogP contribution is 2.38. The van der Waals surface area contributed by atoms with Gasteiger partial charge >= 0.3 is 0 Å². The lowest BCUT2D eigenvalue weighted by Crippen LogP contribution is -2.53. The van der Waals surface area contributed by atoms with Gasteiger partial charge in [-0.25, -0.2) is 0 Å². The van der Waals surface area contributed by atoms with E-state index in [4.69, 9.17) is 0 Å². The minimum Gasteiger partial charge on any atom is -0.316 e. The molecule has 1 aliphatic carbocycles. The van der Waals surface area contributed by atoms with Crippen LogP contribution in [-0.4, -0.2) is 62.2 Å². The second kappa shape index (κ2) is 7.05. The predicted molar refractivity (Wildman–Crippen MR) is 82.6 cm³/mol. The Morgan fingerprint density at radius 2 is 1.95 bits per heavy atom. The molecule has 0 aromatic heterocycles. The van der Waals surface area contributed by atoms with Crippen molar-refractivity contribution in [2.45, 2.75) is 52.0 Å². The van der Waals surface area contributed by atoms with Crippen molar-refractivity contribution in [3.05, 3.63) is 0 Å². The number of likely N-dealkylation sites (N-methyl/N-ethyl adjacent to an activating group) is 1. The van der Waals surface area contributed by atoms with Crippen LogP contribution in [0.15, 0.2) is 0 Å². The lowest BCUT2D eigenvalue weighted by atomic mass is 9.85. The highest BCUT2D eigenvalue weighted by molar-refractivity contribution is 4.91. The van der Waals surface area contributed by atoms with Crippen molar-refractivity contribution in [3.63, 3.8) is 0 Å². The first-order valence-electron chi connectivity index (χ1n) is 8.28. The fourth-order valence-corrected chi connectivity index (χ4v) is 3.79. The van der Waals surface area contributed by atoms with Crippen molar-refractivity contribution < 1.29 is 0 Å². The highest BCUT2D eigenvalue weighted by atomic mass is 15.3. The minimum atomic E-state index is 0.574. The van der Waals surface area contributed by atoms with E-state index in [1.165, 1.54) is 71.4 Å². The summed E-state index contributed by atoms with van der Waals surface area (Å²) < 4.78 is 0. The molecular formula is C16H33N3. The van der Waals surface area contributed by atoms with Gasteiger partial charge in [-0.1, -0.05) is 19.8 Å². The van der Waals surface area contributed by atoms with Crippen LogP contribution in [-0.2, 0) is 0 Å². The second-order valence-corrected chi connectivity index (χ2v) is 6.95. The number of nitrogens with zero attached hydrogens (tertiary/aromatic N) is 2. The van der Waals surface area contributed by atoms with Gasteiger partial charge in [0.2, 0.25) is 0 Å². The van der Waals surface area contributed by atoms with Crippen LogP contribution in [0.5, 0.6) is 0 Å². The topological polar surface area (TPSA) is 18.5 Å². The number of piperazine rings is 1. The molecule has 1 N–H and O–H groups in total. The first-order chi connectivity index (χ1) is 9.15. The second-order valence-electron chi connectivity index (χ2n) is 6.95. The molecule has 1 atom stereocenters. The van der Waals surface area contributed by atoms with Crippen LogP contribution >= 0.6 is 0 Å². The van der Waals surface area contributed by atoms with E-state index in [1.807, 2.05) is 0 Å². The molecule has 0 aromatic rings. The Hall–Kier alpha value is -0.120. The zero-order chi connectivity index (χ0) is 13.7. The number of hydrogen-bond acceptors (Lipinski definition) is 3. The summed E-state index contributed by atoms with van der Waals surface area (Å²) in [6, 6.07) is 0.718. The minimum absolute atomic E-state index is 0.574. The SMILES string of the molecule is CCCNCC1(CN2CCN(C)C(C)C2)CCCC1. The van der Waals surface area contributed by atoms with Gasteiger partial charge in [0, 0.05) is 38.8 Å². The average Bonchev–Trinajstić information content (AvgIpc) is 2.83. The molecule has 0 radical (unpaired) electrons. The molecule has 0 spiro atoms. The van der Waals surface area contributed by atoms with Crippen molar-refractivity contribution in [3.8, 4) is 0 Å². The number of nitrogens with one attached hydrogen (secondary N) is 1. The Balaban J connectivity index is 1.86. The van der Waals surface area contributed by atoms with Crippen molar-refractivity contribution in [1.82, 2.24) is 15.1 Å². The van der Waals surface area contributed by atoms with Gasteiger partial charge in [-0.05, 0) is 45.2 Å². The molecular weight excluding hydrogens is 234 g/mol. The molecule has 3 heteroatoms. The summed E-state index contributed by atoms with van der Waals surface area (Å²) in [6.07, 6.45) is 7.00. The van der Waals surface area contributed by atoms with Gasteiger partial charge < -0.3 is 10.2 Å². The third kappa shape index (κ3) is 4.17. The maximum atomic E-state index is 3.69. The summed E-state index contributed by atoms with van der Waals surface area (Å²) in [5.41, 5.74) is 0.574. The zero-order valence-electron chi connectivity index (χ0n) is 13.2. The van der Waals surface area contributed by atoms with Crippen LogP contribution < -0.4 is 5.32 Å². The summed E-state index contributed by atoms with van der Waals surface area (Å²) in [6.45, 7) is 12.1. The van der Waals surface area contributed by atoms with E-state index in [9.17, 15) is 0 Å². The molecule has 0 amide bonds. The van der Waals surface area contributed by atoms with Crippen LogP contribution in [0, 0.1) is 5.41 Å². The van der Waals surface area contributed by atoms with E-state index < -0.39 is 0 Å². The molecule has 2 aliphatic rings. The number of hydrogen-bond donors (Lipinski definition) is 1. The molecule has 0 bridgehead atoms. The number of rotatable bonds is 6. The summed E-state index contributed by atoms with van der Waals surface area (Å²) in [5.74, 6) is 0. The van der Waals surface area contributed by atoms with E-state index in [1.54, 1.807) is 0 Å². The quantitative estimate of drug-likeness (QED) is 0.744. The Bertz CT molecular complexity index is 261. The van der Waals surface area contributed by atoms with Crippen LogP contribution in [0.4, 0.5) is 0 Å². The van der Waals surface area contributed by atoms with E-state index in [2.05, 4.69) is 36.0 Å². The summed E-state index contributed by atoms with van der Waals surface area (Å²) in [5, 5.41) is 3.69. The largest absolute Gasteiger partial charge is 0.316 e. The molecule has 1 saturated heterocycles. The molecule has 1 aliphatic heterocycles. The van der Waals surface area contributed by atoms with Crippen molar-refractivity contribution in [2.75, 3.05) is 46.3 Å². The monoisotopic (exact) mass is 267 g/mol. The highest BCUT2D eigenvalue weighted by Gasteiger charge is 2.36. The molecule has 112 valence electrons. The summed E-state index contributed by atoms with van der Waals surface area (Å²) in [7, 11) is 2.26. The zero-order valence-corrected chi connectivity index (χ0v) is 13.2. The van der Waals surface area contributed by atoms with Crippen LogP contribution in [0.2, 0.25) is 0 Å². The van der Waals surface area contributed by atoms with Crippen molar-refractivity contribution in [1.29, 1.82) is 0 Å². The van der Waals surface area contributed by atoms with Gasteiger partial charge in [0.05, 0.1) is 0 Å². The van der Waals surface area contributed by atoms with Crippen LogP contribution in [0.1, 0.15) is 46.0 Å². The summed E-state index contributed by atoms with van der Waals surface area (Å²) >= 11 is 0. The smallest absolute Gasteiger partial charge is 0.0192 e. The molecule has 2 fully saturated rings. The standard InChI is InChI=1S/C16H33N3/c1-4-9-17-13-16(7-5-6-8-16)14-19-11-10-18(3)15(2)12-19/h15,17H,4-14H2,1-3H3. The van der Waals surface area contributed by atoms with Gasteiger partial charge in [-0.2, -0.15) is 0 Å². The Morgan fingerprint density at radius 1 is 1.21 bits per heavy atom. The van der Waals surface area contributed by atoms with Gasteiger partial charge in [-0.15, -0.1) is 0 Å². The molecule has 0 aromatic carbocycles. The lowest BCUT2D eigenvalue weighted by molar-refractivity contribution is 0.0654. The van der Waals surface area contributed by atoms with Gasteiger partial charge in [-0.3, -0.25) is 4.90 Å². The molecule has 1 heterocycles. The van der Waals surface area contributed by atoms with Gasteiger partial charge in [0.15, 0.2) is 0 Å². The molecule has 1 saturated carbocycles. The van der Waals surface area contributed by atoms with Gasteiger partial charge in [0.1, 0.15) is 0 Å². The van der Waals surface area contributed by atoms with Crippen molar-refractivity contribution in [2.24, 2.45) is 5.41 Å². The fraction of sp³-hybridized carbons (Fsp3) is 1.00. The first-order valence-corrected chi connectivity index (χ1v) is 8.28. The van der Waals surface area contributed by atoms with E-state index >= 15 is 0 Å². The normalized spacial score (nSPS) is 28.9. The Labute approximate surface area is 119 Å². The maximum Gasteiger partial charge on any atom is 0.0192 e. The van der Waals surface area contributed by atoms with Crippen molar-refractivity contribution >= 4 is 0 Å². The average molecular weight is 267 g/mol. The molecule has 3 nitrogen and oxygen atoms in total. The maximum absolute atomic E-state index is 3.69. The molecule has 2 rings (SSSR count). The molecule has 19 heavy (non-hydrogen) atoms. The first kappa shape index (κ1) is 15.3. The third-order valence-electron chi connectivity index (χ3n) is 5.19.